The molecule has 4 rings (SSSR count). The van der Waals surface area contributed by atoms with Crippen molar-refractivity contribution in [2.24, 2.45) is 0 Å². The first-order valence-corrected chi connectivity index (χ1v) is 10.4. The zero-order valence-electron chi connectivity index (χ0n) is 18.0. The fraction of sp³-hybridized carbons (Fsp3) is 0.348. The lowest BCUT2D eigenvalue weighted by atomic mass is 9.86. The van der Waals surface area contributed by atoms with Crippen molar-refractivity contribution in [2.75, 3.05) is 10.6 Å². The number of hydrogen-bond donors (Lipinski definition) is 2. The minimum absolute atomic E-state index is 0.0850. The maximum atomic E-state index is 13.4. The van der Waals surface area contributed by atoms with Crippen LogP contribution in [-0.2, 0) is 23.8 Å². The molecule has 9 heteroatoms. The lowest BCUT2D eigenvalue weighted by Crippen LogP contribution is -2.16. The highest BCUT2D eigenvalue weighted by Crippen LogP contribution is 2.35. The monoisotopic (exact) mass is 438 g/mol. The number of rotatable bonds is 4. The van der Waals surface area contributed by atoms with Gasteiger partial charge in [-0.2, -0.15) is 13.2 Å². The van der Waals surface area contributed by atoms with Gasteiger partial charge >= 0.3 is 6.18 Å². The van der Waals surface area contributed by atoms with Crippen molar-refractivity contribution in [1.29, 1.82) is 0 Å². The molecule has 3 aromatic rings. The number of anilines is 2. The average Bonchev–Trinajstić information content (AvgIpc) is 3.18. The van der Waals surface area contributed by atoms with Gasteiger partial charge in [0, 0.05) is 18.0 Å². The zero-order chi connectivity index (χ0) is 23.2. The Morgan fingerprint density at radius 1 is 1.12 bits per heavy atom. The number of nitrogens with one attached hydrogen (secondary N) is 2. The van der Waals surface area contributed by atoms with Gasteiger partial charge in [0.05, 0.1) is 17.1 Å². The molecule has 1 amide bonds. The maximum Gasteiger partial charge on any atom is 0.416 e. The number of amides is 1. The van der Waals surface area contributed by atoms with Gasteiger partial charge in [-0.05, 0) is 68.0 Å². The predicted molar refractivity (Wildman–Crippen MR) is 119 cm³/mol. The van der Waals surface area contributed by atoms with E-state index in [1.54, 1.807) is 13.8 Å². The summed E-state index contributed by atoms with van der Waals surface area (Å²) in [6.07, 6.45) is -1.74. The van der Waals surface area contributed by atoms with E-state index in [4.69, 9.17) is 7.85 Å². The van der Waals surface area contributed by atoms with E-state index < -0.39 is 23.7 Å². The first-order chi connectivity index (χ1) is 15.0. The van der Waals surface area contributed by atoms with Gasteiger partial charge in [-0.15, -0.1) is 0 Å². The molecule has 2 aromatic carbocycles. The second kappa shape index (κ2) is 8.11. The van der Waals surface area contributed by atoms with Crippen molar-refractivity contribution in [3.8, 4) is 0 Å². The van der Waals surface area contributed by atoms with E-state index in [-0.39, 0.29) is 5.69 Å². The van der Waals surface area contributed by atoms with Crippen LogP contribution in [0.3, 0.4) is 0 Å². The highest BCUT2D eigenvalue weighted by molar-refractivity contribution is 6.34. The number of aryl methyl sites for hydroxylation is 2. The number of nitrogens with zero attached hydrogens (tertiary/aromatic N) is 2. The predicted octanol–water partition coefficient (Wildman–Crippen LogP) is 4.37. The molecule has 0 saturated carbocycles. The van der Waals surface area contributed by atoms with Crippen LogP contribution < -0.4 is 16.1 Å². The number of carbonyl (C=O) groups excluding carboxylic acids is 1. The summed E-state index contributed by atoms with van der Waals surface area (Å²) >= 11 is 0. The van der Waals surface area contributed by atoms with Gasteiger partial charge in [-0.25, -0.2) is 9.97 Å². The number of alkyl halides is 3. The molecule has 0 unspecified atom stereocenters. The standard InChI is InChI=1S/C23H22BF3N4O/c1-11(14-7-15(23(25,26)27)9-16(8-14)31-13(3)32)28-22-19-10-20(24)17-5-4-6-18(17)21(19)29-12(2)30-22/h7-11H,4-6H2,1-3H3,(H,31,32)(H,28,29,30)/t11-/m1/s1. The van der Waals surface area contributed by atoms with Crippen molar-refractivity contribution in [3.63, 3.8) is 0 Å². The van der Waals surface area contributed by atoms with E-state index in [9.17, 15) is 18.0 Å². The van der Waals surface area contributed by atoms with Gasteiger partial charge in [0.2, 0.25) is 5.91 Å². The van der Waals surface area contributed by atoms with Gasteiger partial charge < -0.3 is 10.6 Å². The van der Waals surface area contributed by atoms with Crippen LogP contribution in [0.15, 0.2) is 24.3 Å². The van der Waals surface area contributed by atoms with Gasteiger partial charge in [-0.3, -0.25) is 4.79 Å². The van der Waals surface area contributed by atoms with Gasteiger partial charge in [-0.1, -0.05) is 11.5 Å². The fourth-order valence-electron chi connectivity index (χ4n) is 4.25. The Balaban J connectivity index is 1.77. The second-order valence-corrected chi connectivity index (χ2v) is 8.18. The average molecular weight is 438 g/mol. The van der Waals surface area contributed by atoms with Gasteiger partial charge in [0.15, 0.2) is 0 Å². The number of halogens is 3. The summed E-state index contributed by atoms with van der Waals surface area (Å²) in [5, 5.41) is 6.42. The zero-order valence-corrected chi connectivity index (χ0v) is 18.0. The van der Waals surface area contributed by atoms with Crippen LogP contribution in [0.1, 0.15) is 54.4 Å². The Morgan fingerprint density at radius 2 is 1.84 bits per heavy atom. The van der Waals surface area contributed by atoms with Crippen molar-refractivity contribution in [1.82, 2.24) is 9.97 Å². The van der Waals surface area contributed by atoms with Crippen molar-refractivity contribution in [2.45, 2.75) is 52.3 Å². The fourth-order valence-corrected chi connectivity index (χ4v) is 4.25. The van der Waals surface area contributed by atoms with Crippen molar-refractivity contribution < 1.29 is 18.0 Å². The van der Waals surface area contributed by atoms with Crippen LogP contribution in [0.4, 0.5) is 24.7 Å². The third-order valence-electron chi connectivity index (χ3n) is 5.67. The lowest BCUT2D eigenvalue weighted by molar-refractivity contribution is -0.137. The maximum absolute atomic E-state index is 13.4. The highest BCUT2D eigenvalue weighted by atomic mass is 19.4. The van der Waals surface area contributed by atoms with Gasteiger partial charge in [0.1, 0.15) is 19.5 Å². The molecule has 1 aromatic heterocycles. The molecule has 2 radical (unpaired) electrons. The number of carbonyl (C=O) groups is 1. The smallest absolute Gasteiger partial charge is 0.363 e. The van der Waals surface area contributed by atoms with Crippen molar-refractivity contribution in [3.05, 3.63) is 52.3 Å². The van der Waals surface area contributed by atoms with Crippen LogP contribution in [0.25, 0.3) is 10.9 Å². The Kier molecular flexibility index (Phi) is 5.60. The summed E-state index contributed by atoms with van der Waals surface area (Å²) in [4.78, 5) is 20.5. The number of aromatic nitrogens is 2. The third-order valence-corrected chi connectivity index (χ3v) is 5.67. The lowest BCUT2D eigenvalue weighted by Gasteiger charge is -2.20. The van der Waals surface area contributed by atoms with E-state index >= 15 is 0 Å². The minimum Gasteiger partial charge on any atom is -0.363 e. The second-order valence-electron chi connectivity index (χ2n) is 8.18. The molecule has 1 aliphatic rings. The van der Waals surface area contributed by atoms with Crippen molar-refractivity contribution >= 4 is 41.6 Å². The summed E-state index contributed by atoms with van der Waals surface area (Å²) in [6, 6.07) is 4.83. The van der Waals surface area contributed by atoms with Crippen LogP contribution in [0.5, 0.6) is 0 Å². The minimum atomic E-state index is -4.55. The molecule has 0 saturated heterocycles. The first-order valence-electron chi connectivity index (χ1n) is 10.4. The Morgan fingerprint density at radius 3 is 2.53 bits per heavy atom. The van der Waals surface area contributed by atoms with Crippen LogP contribution in [-0.4, -0.2) is 23.7 Å². The van der Waals surface area contributed by atoms with E-state index in [0.29, 0.717) is 22.7 Å². The largest absolute Gasteiger partial charge is 0.416 e. The van der Waals surface area contributed by atoms with E-state index in [1.165, 1.54) is 13.0 Å². The van der Waals surface area contributed by atoms with E-state index in [0.717, 1.165) is 53.4 Å². The quantitative estimate of drug-likeness (QED) is 0.594. The molecule has 0 spiro atoms. The summed E-state index contributed by atoms with van der Waals surface area (Å²) in [6.45, 7) is 4.78. The topological polar surface area (TPSA) is 66.9 Å². The Bertz CT molecular complexity index is 1230. The summed E-state index contributed by atoms with van der Waals surface area (Å²) < 4.78 is 40.3. The van der Waals surface area contributed by atoms with Crippen LogP contribution in [0, 0.1) is 6.92 Å². The molecule has 2 N–H and O–H groups in total. The molecule has 1 atom stereocenters. The van der Waals surface area contributed by atoms with Gasteiger partial charge in [0.25, 0.3) is 0 Å². The molecule has 5 nitrogen and oxygen atoms in total. The molecule has 0 fully saturated rings. The molecule has 1 aliphatic carbocycles. The molecule has 0 aliphatic heterocycles. The normalized spacial score (nSPS) is 14.3. The number of hydrogen-bond acceptors (Lipinski definition) is 4. The summed E-state index contributed by atoms with van der Waals surface area (Å²) in [5.41, 5.74) is 3.36. The molecular formula is C23H22BF3N4O. The Hall–Kier alpha value is -3.10. The Labute approximate surface area is 185 Å². The van der Waals surface area contributed by atoms with Crippen LogP contribution >= 0.6 is 0 Å². The van der Waals surface area contributed by atoms with Crippen LogP contribution in [0.2, 0.25) is 0 Å². The SMILES string of the molecule is [B]c1cc2c(N[C@H](C)c3cc(NC(C)=O)cc(C(F)(F)F)c3)nc(C)nc2c2c1CCC2. The first kappa shape index (κ1) is 22.1. The number of fused-ring (bicyclic) bond motifs is 3. The highest BCUT2D eigenvalue weighted by Gasteiger charge is 2.32. The molecule has 0 bridgehead atoms. The molecule has 32 heavy (non-hydrogen) atoms. The van der Waals surface area contributed by atoms with E-state index in [2.05, 4.69) is 20.6 Å². The third kappa shape index (κ3) is 4.29. The van der Waals surface area contributed by atoms with E-state index in [1.807, 2.05) is 6.07 Å². The molecular weight excluding hydrogens is 416 g/mol. The number of benzene rings is 2. The molecule has 164 valence electrons. The molecule has 1 heterocycles. The summed E-state index contributed by atoms with van der Waals surface area (Å²) in [7, 11) is 6.27. The summed E-state index contributed by atoms with van der Waals surface area (Å²) in [5.74, 6) is 0.631.